The predicted octanol–water partition coefficient (Wildman–Crippen LogP) is 3.77. The third-order valence-corrected chi connectivity index (χ3v) is 4.25. The number of aliphatic hydroxyl groups is 1. The summed E-state index contributed by atoms with van der Waals surface area (Å²) in [6.07, 6.45) is 4.54. The Morgan fingerprint density at radius 1 is 1.23 bits per heavy atom. The maximum Gasteiger partial charge on any atom is 0.407 e. The van der Waals surface area contributed by atoms with E-state index >= 15 is 0 Å². The minimum Gasteiger partial charge on any atom is -0.444 e. The SMILES string of the molecule is CC(C)(C)OC(=O)NCc1cnc(-c2ccc(F)cc2)cc1-c1nccn1CCO. The van der Waals surface area contributed by atoms with Crippen molar-refractivity contribution in [2.45, 2.75) is 39.5 Å². The number of nitrogens with zero attached hydrogens (tertiary/aromatic N) is 3. The van der Waals surface area contributed by atoms with Crippen LogP contribution in [0.4, 0.5) is 9.18 Å². The Hall–Kier alpha value is -3.26. The molecular formula is C22H25FN4O3. The third kappa shape index (κ3) is 5.42. The number of nitrogens with one attached hydrogen (secondary N) is 1. The molecule has 1 aromatic carbocycles. The Kier molecular flexibility index (Phi) is 6.47. The molecule has 0 bridgehead atoms. The van der Waals surface area contributed by atoms with Gasteiger partial charge in [-0.05, 0) is 51.1 Å². The lowest BCUT2D eigenvalue weighted by atomic mass is 10.0. The summed E-state index contributed by atoms with van der Waals surface area (Å²) in [6, 6.07) is 7.90. The largest absolute Gasteiger partial charge is 0.444 e. The highest BCUT2D eigenvalue weighted by molar-refractivity contribution is 5.71. The number of pyridine rings is 1. The predicted molar refractivity (Wildman–Crippen MR) is 111 cm³/mol. The van der Waals surface area contributed by atoms with Crippen LogP contribution in [0.1, 0.15) is 26.3 Å². The van der Waals surface area contributed by atoms with Crippen molar-refractivity contribution >= 4 is 6.09 Å². The van der Waals surface area contributed by atoms with Crippen LogP contribution in [0.2, 0.25) is 0 Å². The van der Waals surface area contributed by atoms with Gasteiger partial charge in [0.1, 0.15) is 17.2 Å². The highest BCUT2D eigenvalue weighted by Crippen LogP contribution is 2.27. The van der Waals surface area contributed by atoms with Crippen LogP contribution in [0.15, 0.2) is 48.9 Å². The lowest BCUT2D eigenvalue weighted by Crippen LogP contribution is -2.32. The summed E-state index contributed by atoms with van der Waals surface area (Å²) in [5.41, 5.74) is 2.28. The van der Waals surface area contributed by atoms with Crippen LogP contribution in [-0.2, 0) is 17.8 Å². The number of hydrogen-bond donors (Lipinski definition) is 2. The number of carbonyl (C=O) groups excluding carboxylic acids is 1. The Balaban J connectivity index is 1.96. The van der Waals surface area contributed by atoms with Crippen molar-refractivity contribution in [2.75, 3.05) is 6.61 Å². The monoisotopic (exact) mass is 412 g/mol. The zero-order valence-electron chi connectivity index (χ0n) is 17.2. The second-order valence-corrected chi connectivity index (χ2v) is 7.76. The second kappa shape index (κ2) is 9.04. The summed E-state index contributed by atoms with van der Waals surface area (Å²) in [7, 11) is 0. The van der Waals surface area contributed by atoms with E-state index in [2.05, 4.69) is 15.3 Å². The summed E-state index contributed by atoms with van der Waals surface area (Å²) < 4.78 is 20.4. The molecule has 3 aromatic rings. The highest BCUT2D eigenvalue weighted by atomic mass is 19.1. The van der Waals surface area contributed by atoms with Crippen molar-refractivity contribution in [3.63, 3.8) is 0 Å². The lowest BCUT2D eigenvalue weighted by Gasteiger charge is -2.20. The van der Waals surface area contributed by atoms with Gasteiger partial charge in [0.05, 0.1) is 12.3 Å². The molecule has 30 heavy (non-hydrogen) atoms. The molecule has 158 valence electrons. The first kappa shape index (κ1) is 21.4. The number of carbonyl (C=O) groups is 1. The average Bonchev–Trinajstić information content (AvgIpc) is 3.14. The number of aromatic nitrogens is 3. The topological polar surface area (TPSA) is 89.3 Å². The van der Waals surface area contributed by atoms with Gasteiger partial charge >= 0.3 is 6.09 Å². The number of ether oxygens (including phenoxy) is 1. The molecule has 3 rings (SSSR count). The van der Waals surface area contributed by atoms with E-state index in [-0.39, 0.29) is 19.0 Å². The van der Waals surface area contributed by atoms with Crippen LogP contribution in [0, 0.1) is 5.82 Å². The fourth-order valence-corrected chi connectivity index (χ4v) is 2.93. The fraction of sp³-hybridized carbons (Fsp3) is 0.318. The Morgan fingerprint density at radius 2 is 1.97 bits per heavy atom. The van der Waals surface area contributed by atoms with Gasteiger partial charge in [-0.25, -0.2) is 14.2 Å². The molecule has 1 amide bonds. The standard InChI is InChI=1S/C22H25FN4O3/c1-22(2,3)30-21(29)26-14-16-13-25-19(15-4-6-17(23)7-5-15)12-18(16)20-24-8-9-27(20)10-11-28/h4-9,12-13,28H,10-11,14H2,1-3H3,(H,26,29). The zero-order chi connectivity index (χ0) is 21.7. The molecule has 2 N–H and O–H groups in total. The van der Waals surface area contributed by atoms with E-state index in [1.165, 1.54) is 12.1 Å². The average molecular weight is 412 g/mol. The van der Waals surface area contributed by atoms with Crippen LogP contribution in [0.5, 0.6) is 0 Å². The van der Waals surface area contributed by atoms with Crippen LogP contribution < -0.4 is 5.32 Å². The quantitative estimate of drug-likeness (QED) is 0.643. The molecule has 0 aliphatic heterocycles. The Bertz CT molecular complexity index is 1010. The van der Waals surface area contributed by atoms with Crippen LogP contribution in [-0.4, -0.2) is 37.9 Å². The molecule has 0 aliphatic rings. The molecule has 0 radical (unpaired) electrons. The van der Waals surface area contributed by atoms with Crippen molar-refractivity contribution < 1.29 is 19.0 Å². The van der Waals surface area contributed by atoms with Crippen molar-refractivity contribution in [2.24, 2.45) is 0 Å². The van der Waals surface area contributed by atoms with Crippen LogP contribution in [0.25, 0.3) is 22.6 Å². The molecule has 2 aromatic heterocycles. The number of benzene rings is 1. The number of aliphatic hydroxyl groups excluding tert-OH is 1. The molecule has 0 saturated heterocycles. The summed E-state index contributed by atoms with van der Waals surface area (Å²) in [6.45, 7) is 5.91. The molecule has 0 aliphatic carbocycles. The minimum atomic E-state index is -0.602. The van der Waals surface area contributed by atoms with E-state index in [9.17, 15) is 14.3 Å². The lowest BCUT2D eigenvalue weighted by molar-refractivity contribution is 0.0523. The number of halogens is 1. The van der Waals surface area contributed by atoms with Crippen molar-refractivity contribution in [3.8, 4) is 22.6 Å². The summed E-state index contributed by atoms with van der Waals surface area (Å²) in [4.78, 5) is 21.0. The molecule has 8 heteroatoms. The molecule has 7 nitrogen and oxygen atoms in total. The van der Waals surface area contributed by atoms with E-state index in [1.54, 1.807) is 51.5 Å². The van der Waals surface area contributed by atoms with E-state index in [0.717, 1.165) is 16.7 Å². The summed E-state index contributed by atoms with van der Waals surface area (Å²) in [5, 5.41) is 12.1. The van der Waals surface area contributed by atoms with Gasteiger partial charge in [0.15, 0.2) is 0 Å². The molecule has 0 atom stereocenters. The number of alkyl carbamates (subject to hydrolysis) is 1. The van der Waals surface area contributed by atoms with Gasteiger partial charge in [-0.3, -0.25) is 4.98 Å². The van der Waals surface area contributed by atoms with Gasteiger partial charge in [-0.15, -0.1) is 0 Å². The Morgan fingerprint density at radius 3 is 2.63 bits per heavy atom. The Labute approximate surface area is 174 Å². The van der Waals surface area contributed by atoms with E-state index < -0.39 is 11.7 Å². The van der Waals surface area contributed by atoms with Crippen molar-refractivity contribution in [1.82, 2.24) is 19.9 Å². The van der Waals surface area contributed by atoms with E-state index in [0.29, 0.717) is 18.1 Å². The maximum absolute atomic E-state index is 13.3. The number of hydrogen-bond acceptors (Lipinski definition) is 5. The first-order chi connectivity index (χ1) is 14.3. The highest BCUT2D eigenvalue weighted by Gasteiger charge is 2.18. The van der Waals surface area contributed by atoms with Crippen molar-refractivity contribution in [3.05, 3.63) is 60.3 Å². The maximum atomic E-state index is 13.3. The van der Waals surface area contributed by atoms with Crippen LogP contribution >= 0.6 is 0 Å². The molecule has 0 spiro atoms. The van der Waals surface area contributed by atoms with E-state index in [1.807, 2.05) is 10.6 Å². The molecule has 0 saturated carbocycles. The molecule has 2 heterocycles. The van der Waals surface area contributed by atoms with Crippen molar-refractivity contribution in [1.29, 1.82) is 0 Å². The molecule has 0 unspecified atom stereocenters. The first-order valence-electron chi connectivity index (χ1n) is 9.61. The first-order valence-corrected chi connectivity index (χ1v) is 9.61. The fourth-order valence-electron chi connectivity index (χ4n) is 2.93. The normalized spacial score (nSPS) is 11.4. The molecule has 0 fully saturated rings. The molecular weight excluding hydrogens is 387 g/mol. The van der Waals surface area contributed by atoms with Crippen LogP contribution in [0.3, 0.4) is 0 Å². The van der Waals surface area contributed by atoms with Gasteiger partial charge in [0, 0.05) is 48.4 Å². The van der Waals surface area contributed by atoms with Gasteiger partial charge in [0.25, 0.3) is 0 Å². The smallest absolute Gasteiger partial charge is 0.407 e. The minimum absolute atomic E-state index is 0.0369. The van der Waals surface area contributed by atoms with Gasteiger partial charge in [0.2, 0.25) is 0 Å². The van der Waals surface area contributed by atoms with Gasteiger partial charge in [-0.1, -0.05) is 0 Å². The number of amides is 1. The number of imidazole rings is 1. The number of rotatable bonds is 6. The van der Waals surface area contributed by atoms with E-state index in [4.69, 9.17) is 4.74 Å². The summed E-state index contributed by atoms with van der Waals surface area (Å²) in [5.74, 6) is 0.312. The zero-order valence-corrected chi connectivity index (χ0v) is 17.2. The second-order valence-electron chi connectivity index (χ2n) is 7.76. The van der Waals surface area contributed by atoms with Gasteiger partial charge in [-0.2, -0.15) is 0 Å². The van der Waals surface area contributed by atoms with Gasteiger partial charge < -0.3 is 19.7 Å². The summed E-state index contributed by atoms with van der Waals surface area (Å²) >= 11 is 0. The third-order valence-electron chi connectivity index (χ3n) is 4.25.